The van der Waals surface area contributed by atoms with Crippen molar-refractivity contribution in [3.8, 4) is 11.3 Å². The van der Waals surface area contributed by atoms with Crippen LogP contribution >= 0.6 is 0 Å². The summed E-state index contributed by atoms with van der Waals surface area (Å²) in [5, 5.41) is 18.0. The summed E-state index contributed by atoms with van der Waals surface area (Å²) in [5.41, 5.74) is 1.44. The van der Waals surface area contributed by atoms with Crippen molar-refractivity contribution in [2.75, 3.05) is 0 Å². The lowest BCUT2D eigenvalue weighted by molar-refractivity contribution is -0.384. The summed E-state index contributed by atoms with van der Waals surface area (Å²) in [6, 6.07) is 8.10. The minimum atomic E-state index is -0.429. The Morgan fingerprint density at radius 3 is 2.75 bits per heavy atom. The number of hydrogen-bond donors (Lipinski definition) is 1. The molecule has 0 aliphatic rings. The number of nitro groups is 1. The molecule has 0 amide bonds. The van der Waals surface area contributed by atoms with Crippen LogP contribution in [-0.4, -0.2) is 15.6 Å². The highest BCUT2D eigenvalue weighted by Crippen LogP contribution is 2.24. The molecule has 0 fully saturated rings. The number of nitro benzene ring substituents is 1. The molecule has 0 saturated carbocycles. The Morgan fingerprint density at radius 1 is 1.35 bits per heavy atom. The van der Waals surface area contributed by atoms with Crippen molar-refractivity contribution < 1.29 is 9.45 Å². The Hall–Kier alpha value is -2.21. The molecule has 0 radical (unpaired) electrons. The Bertz CT molecular complexity index is 614. The van der Waals surface area contributed by atoms with E-state index in [1.807, 2.05) is 0 Å². The smallest absolute Gasteiger partial charge is 0.270 e. The van der Waals surface area contributed by atoms with Crippen molar-refractivity contribution in [2.45, 2.75) is 32.9 Å². The summed E-state index contributed by atoms with van der Waals surface area (Å²) in [6.45, 7) is 6.78. The largest absolute Gasteiger partial charge is 0.356 e. The molecule has 0 aliphatic heterocycles. The predicted octanol–water partition coefficient (Wildman–Crippen LogP) is 3.14. The van der Waals surface area contributed by atoms with Crippen LogP contribution in [0.4, 0.5) is 5.69 Å². The van der Waals surface area contributed by atoms with Gasteiger partial charge in [0.05, 0.1) is 10.6 Å². The monoisotopic (exact) mass is 275 g/mol. The molecule has 0 bridgehead atoms. The standard InChI is InChI=1S/C14H17N3O3/c1-14(2,3)15-9-11-8-13(20-16-11)10-5-4-6-12(7-10)17(18)19/h4-8,15H,9H2,1-3H3. The van der Waals surface area contributed by atoms with E-state index in [1.54, 1.807) is 18.2 Å². The second-order valence-electron chi connectivity index (χ2n) is 5.59. The van der Waals surface area contributed by atoms with Gasteiger partial charge in [0.25, 0.3) is 5.69 Å². The van der Waals surface area contributed by atoms with Crippen LogP contribution in [0.25, 0.3) is 11.3 Å². The van der Waals surface area contributed by atoms with Gasteiger partial charge in [0.1, 0.15) is 0 Å². The third-order valence-electron chi connectivity index (χ3n) is 2.70. The molecule has 1 aromatic heterocycles. The van der Waals surface area contributed by atoms with E-state index in [0.29, 0.717) is 17.9 Å². The van der Waals surface area contributed by atoms with Gasteiger partial charge in [0.2, 0.25) is 0 Å². The zero-order chi connectivity index (χ0) is 14.8. The summed E-state index contributed by atoms with van der Waals surface area (Å²) in [7, 11) is 0. The van der Waals surface area contributed by atoms with Gasteiger partial charge in [-0.15, -0.1) is 0 Å². The van der Waals surface area contributed by atoms with Crippen LogP contribution in [0.5, 0.6) is 0 Å². The van der Waals surface area contributed by atoms with E-state index in [1.165, 1.54) is 12.1 Å². The molecule has 106 valence electrons. The minimum Gasteiger partial charge on any atom is -0.356 e. The maximum Gasteiger partial charge on any atom is 0.270 e. The number of rotatable bonds is 4. The van der Waals surface area contributed by atoms with Crippen LogP contribution in [0.15, 0.2) is 34.9 Å². The van der Waals surface area contributed by atoms with Gasteiger partial charge in [0.15, 0.2) is 5.76 Å². The fourth-order valence-corrected chi connectivity index (χ4v) is 1.66. The second kappa shape index (κ2) is 5.42. The first-order valence-electron chi connectivity index (χ1n) is 6.30. The predicted molar refractivity (Wildman–Crippen MR) is 75.2 cm³/mol. The second-order valence-corrected chi connectivity index (χ2v) is 5.59. The zero-order valence-corrected chi connectivity index (χ0v) is 11.7. The lowest BCUT2D eigenvalue weighted by atomic mass is 10.1. The van der Waals surface area contributed by atoms with E-state index in [2.05, 4.69) is 31.2 Å². The van der Waals surface area contributed by atoms with Crippen molar-refractivity contribution in [3.63, 3.8) is 0 Å². The van der Waals surface area contributed by atoms with Gasteiger partial charge in [-0.1, -0.05) is 17.3 Å². The van der Waals surface area contributed by atoms with Crippen molar-refractivity contribution in [3.05, 3.63) is 46.1 Å². The van der Waals surface area contributed by atoms with Crippen molar-refractivity contribution >= 4 is 5.69 Å². The fraction of sp³-hybridized carbons (Fsp3) is 0.357. The highest BCUT2D eigenvalue weighted by molar-refractivity contribution is 5.60. The molecule has 2 aromatic rings. The summed E-state index contributed by atoms with van der Waals surface area (Å²) in [6.07, 6.45) is 0. The number of nitrogens with one attached hydrogen (secondary N) is 1. The van der Waals surface area contributed by atoms with Crippen LogP contribution in [-0.2, 0) is 6.54 Å². The number of nitrogens with zero attached hydrogens (tertiary/aromatic N) is 2. The van der Waals surface area contributed by atoms with Gasteiger partial charge in [0, 0.05) is 35.8 Å². The molecule has 2 rings (SSSR count). The molecule has 1 aromatic carbocycles. The quantitative estimate of drug-likeness (QED) is 0.684. The summed E-state index contributed by atoms with van der Waals surface area (Å²) < 4.78 is 5.24. The topological polar surface area (TPSA) is 81.2 Å². The average Bonchev–Trinajstić information content (AvgIpc) is 2.84. The van der Waals surface area contributed by atoms with E-state index in [0.717, 1.165) is 5.69 Å². The first-order chi connectivity index (χ1) is 9.35. The molecule has 0 saturated heterocycles. The number of benzene rings is 1. The molecular formula is C14H17N3O3. The van der Waals surface area contributed by atoms with Crippen LogP contribution in [0.1, 0.15) is 26.5 Å². The third kappa shape index (κ3) is 3.64. The molecule has 1 N–H and O–H groups in total. The SMILES string of the molecule is CC(C)(C)NCc1cc(-c2cccc([N+](=O)[O-])c2)on1. The van der Waals surface area contributed by atoms with Crippen molar-refractivity contribution in [1.29, 1.82) is 0 Å². The Balaban J connectivity index is 2.16. The molecule has 0 atom stereocenters. The molecule has 0 spiro atoms. The summed E-state index contributed by atoms with van der Waals surface area (Å²) in [5.74, 6) is 0.527. The van der Waals surface area contributed by atoms with Crippen molar-refractivity contribution in [1.82, 2.24) is 10.5 Å². The maximum absolute atomic E-state index is 10.8. The first-order valence-corrected chi connectivity index (χ1v) is 6.30. The highest BCUT2D eigenvalue weighted by atomic mass is 16.6. The normalized spacial score (nSPS) is 11.6. The van der Waals surface area contributed by atoms with Gasteiger partial charge in [-0.3, -0.25) is 10.1 Å². The summed E-state index contributed by atoms with van der Waals surface area (Å²) in [4.78, 5) is 10.3. The molecule has 0 unspecified atom stereocenters. The number of hydrogen-bond acceptors (Lipinski definition) is 5. The Labute approximate surface area is 116 Å². The van der Waals surface area contributed by atoms with Crippen molar-refractivity contribution in [2.24, 2.45) is 0 Å². The van der Waals surface area contributed by atoms with E-state index in [9.17, 15) is 10.1 Å². The zero-order valence-electron chi connectivity index (χ0n) is 11.7. The lowest BCUT2D eigenvalue weighted by Crippen LogP contribution is -2.35. The fourth-order valence-electron chi connectivity index (χ4n) is 1.66. The maximum atomic E-state index is 10.8. The van der Waals surface area contributed by atoms with Crippen LogP contribution < -0.4 is 5.32 Å². The van der Waals surface area contributed by atoms with Crippen LogP contribution in [0, 0.1) is 10.1 Å². The van der Waals surface area contributed by atoms with E-state index in [4.69, 9.17) is 4.52 Å². The third-order valence-corrected chi connectivity index (χ3v) is 2.70. The van der Waals surface area contributed by atoms with Gasteiger partial charge in [-0.2, -0.15) is 0 Å². The summed E-state index contributed by atoms with van der Waals surface area (Å²) >= 11 is 0. The van der Waals surface area contributed by atoms with Gasteiger partial charge in [-0.25, -0.2) is 0 Å². The lowest BCUT2D eigenvalue weighted by Gasteiger charge is -2.19. The molecule has 0 aliphatic carbocycles. The Kier molecular flexibility index (Phi) is 3.85. The molecule has 6 nitrogen and oxygen atoms in total. The molecule has 6 heteroatoms. The van der Waals surface area contributed by atoms with E-state index >= 15 is 0 Å². The first kappa shape index (κ1) is 14.2. The van der Waals surface area contributed by atoms with Crippen LogP contribution in [0.2, 0.25) is 0 Å². The Morgan fingerprint density at radius 2 is 2.10 bits per heavy atom. The van der Waals surface area contributed by atoms with Gasteiger partial charge < -0.3 is 9.84 Å². The molecular weight excluding hydrogens is 258 g/mol. The van der Waals surface area contributed by atoms with Crippen LogP contribution in [0.3, 0.4) is 0 Å². The molecule has 1 heterocycles. The van der Waals surface area contributed by atoms with E-state index in [-0.39, 0.29) is 11.2 Å². The minimum absolute atomic E-state index is 0.00928. The van der Waals surface area contributed by atoms with Gasteiger partial charge >= 0.3 is 0 Å². The van der Waals surface area contributed by atoms with E-state index < -0.39 is 4.92 Å². The number of aromatic nitrogens is 1. The average molecular weight is 275 g/mol. The molecule has 20 heavy (non-hydrogen) atoms. The van der Waals surface area contributed by atoms with Gasteiger partial charge in [-0.05, 0) is 20.8 Å². The number of non-ortho nitro benzene ring substituents is 1. The highest BCUT2D eigenvalue weighted by Gasteiger charge is 2.13.